The van der Waals surface area contributed by atoms with Crippen molar-refractivity contribution in [1.82, 2.24) is 5.32 Å². The summed E-state index contributed by atoms with van der Waals surface area (Å²) in [4.78, 5) is 24.6. The predicted octanol–water partition coefficient (Wildman–Crippen LogP) is 3.47. The minimum absolute atomic E-state index is 0.114. The van der Waals surface area contributed by atoms with Gasteiger partial charge in [-0.25, -0.2) is 9.59 Å². The van der Waals surface area contributed by atoms with Gasteiger partial charge in [-0.2, -0.15) is 0 Å². The monoisotopic (exact) mass is 357 g/mol. The van der Waals surface area contributed by atoms with Gasteiger partial charge < -0.3 is 15.2 Å². The molecule has 2 aromatic rings. The van der Waals surface area contributed by atoms with Crippen LogP contribution in [0.5, 0.6) is 0 Å². The molecule has 0 aromatic heterocycles. The molecule has 1 amide bonds. The van der Waals surface area contributed by atoms with Gasteiger partial charge in [-0.15, -0.1) is 11.8 Å². The molecular formula is C19H19NO4S. The third kappa shape index (κ3) is 4.76. The van der Waals surface area contributed by atoms with Crippen LogP contribution in [0, 0.1) is 0 Å². The van der Waals surface area contributed by atoms with E-state index in [1.807, 2.05) is 48.5 Å². The van der Waals surface area contributed by atoms with Gasteiger partial charge in [-0.1, -0.05) is 48.5 Å². The molecule has 2 aromatic carbocycles. The molecule has 6 heteroatoms. The maximum absolute atomic E-state index is 11.9. The van der Waals surface area contributed by atoms with Crippen LogP contribution in [0.1, 0.15) is 17.5 Å². The number of fused-ring (bicyclic) bond motifs is 1. The molecule has 1 aliphatic heterocycles. The van der Waals surface area contributed by atoms with E-state index in [0.717, 1.165) is 12.0 Å². The molecule has 0 saturated carbocycles. The summed E-state index contributed by atoms with van der Waals surface area (Å²) in [5.41, 5.74) is 2.08. The van der Waals surface area contributed by atoms with E-state index in [-0.39, 0.29) is 11.9 Å². The van der Waals surface area contributed by atoms with E-state index in [4.69, 9.17) is 4.74 Å². The molecule has 2 N–H and O–H groups in total. The number of amides is 1. The largest absolute Gasteiger partial charge is 0.480 e. The lowest BCUT2D eigenvalue weighted by molar-refractivity contribution is -0.139. The van der Waals surface area contributed by atoms with Crippen molar-refractivity contribution in [2.24, 2.45) is 0 Å². The number of carbonyl (C=O) groups excluding carboxylic acids is 1. The van der Waals surface area contributed by atoms with Crippen LogP contribution in [0.25, 0.3) is 0 Å². The van der Waals surface area contributed by atoms with E-state index in [1.165, 1.54) is 10.5 Å². The Morgan fingerprint density at radius 1 is 1.16 bits per heavy atom. The average molecular weight is 357 g/mol. The minimum Gasteiger partial charge on any atom is -0.480 e. The predicted molar refractivity (Wildman–Crippen MR) is 95.6 cm³/mol. The number of ether oxygens (including phenoxy) is 1. The van der Waals surface area contributed by atoms with E-state index in [0.29, 0.717) is 6.42 Å². The van der Waals surface area contributed by atoms with Gasteiger partial charge in [-0.05, 0) is 30.0 Å². The quantitative estimate of drug-likeness (QED) is 0.828. The van der Waals surface area contributed by atoms with Crippen LogP contribution in [0.4, 0.5) is 4.79 Å². The molecular weight excluding hydrogens is 338 g/mol. The summed E-state index contributed by atoms with van der Waals surface area (Å²) in [5.74, 6) is -1.05. The summed E-state index contributed by atoms with van der Waals surface area (Å²) in [5, 5.41) is 12.0. The Morgan fingerprint density at radius 3 is 2.60 bits per heavy atom. The highest BCUT2D eigenvalue weighted by Gasteiger charge is 2.29. The molecule has 2 unspecified atom stereocenters. The van der Waals surface area contributed by atoms with Crippen LogP contribution in [0.2, 0.25) is 0 Å². The zero-order chi connectivity index (χ0) is 17.6. The maximum Gasteiger partial charge on any atom is 0.408 e. The van der Waals surface area contributed by atoms with E-state index in [2.05, 4.69) is 11.4 Å². The third-order valence-electron chi connectivity index (χ3n) is 4.02. The summed E-state index contributed by atoms with van der Waals surface area (Å²) in [6, 6.07) is 16.4. The van der Waals surface area contributed by atoms with Crippen LogP contribution >= 0.6 is 11.8 Å². The molecule has 2 atom stereocenters. The van der Waals surface area contributed by atoms with Crippen molar-refractivity contribution in [2.45, 2.75) is 35.6 Å². The van der Waals surface area contributed by atoms with Gasteiger partial charge in [0.25, 0.3) is 0 Å². The maximum atomic E-state index is 11.9. The molecule has 0 aliphatic carbocycles. The second-order valence-electron chi connectivity index (χ2n) is 5.88. The number of rotatable bonds is 6. The molecule has 1 heterocycles. The molecule has 0 fully saturated rings. The standard InChI is InChI=1S/C19H19NO4S/c21-18(22)16(11-15-10-14-8-4-5-9-17(14)25-15)20-19(23)24-12-13-6-2-1-3-7-13/h1-9,15-16H,10-12H2,(H,20,23)(H,21,22). The zero-order valence-corrected chi connectivity index (χ0v) is 14.4. The van der Waals surface area contributed by atoms with Gasteiger partial charge in [0.15, 0.2) is 0 Å². The Kier molecular flexibility index (Phi) is 5.60. The summed E-state index contributed by atoms with van der Waals surface area (Å²) in [6.07, 6.45) is 0.456. The van der Waals surface area contributed by atoms with E-state index < -0.39 is 18.1 Å². The molecule has 0 saturated heterocycles. The van der Waals surface area contributed by atoms with E-state index in [1.54, 1.807) is 11.8 Å². The highest BCUT2D eigenvalue weighted by Crippen LogP contribution is 2.38. The van der Waals surface area contributed by atoms with Crippen LogP contribution in [0.3, 0.4) is 0 Å². The molecule has 0 bridgehead atoms. The van der Waals surface area contributed by atoms with Crippen molar-refractivity contribution < 1.29 is 19.4 Å². The van der Waals surface area contributed by atoms with Gasteiger partial charge in [0, 0.05) is 10.1 Å². The van der Waals surface area contributed by atoms with Crippen molar-refractivity contribution in [3.8, 4) is 0 Å². The highest BCUT2D eigenvalue weighted by molar-refractivity contribution is 8.00. The summed E-state index contributed by atoms with van der Waals surface area (Å²) in [7, 11) is 0. The first-order valence-electron chi connectivity index (χ1n) is 8.06. The zero-order valence-electron chi connectivity index (χ0n) is 13.6. The Bertz CT molecular complexity index is 725. The lowest BCUT2D eigenvalue weighted by Gasteiger charge is -2.17. The second-order valence-corrected chi connectivity index (χ2v) is 7.23. The Morgan fingerprint density at radius 2 is 1.88 bits per heavy atom. The van der Waals surface area contributed by atoms with Crippen molar-refractivity contribution in [3.63, 3.8) is 0 Å². The third-order valence-corrected chi connectivity index (χ3v) is 5.36. The smallest absolute Gasteiger partial charge is 0.408 e. The Balaban J connectivity index is 1.51. The fourth-order valence-corrected chi connectivity index (χ4v) is 4.15. The number of hydrogen-bond acceptors (Lipinski definition) is 4. The number of thioether (sulfide) groups is 1. The van der Waals surface area contributed by atoms with Crippen LogP contribution in [-0.2, 0) is 22.6 Å². The number of carboxylic acids is 1. The number of hydrogen-bond donors (Lipinski definition) is 2. The number of carbonyl (C=O) groups is 2. The first-order valence-corrected chi connectivity index (χ1v) is 8.94. The highest BCUT2D eigenvalue weighted by atomic mass is 32.2. The van der Waals surface area contributed by atoms with Crippen LogP contribution in [0.15, 0.2) is 59.5 Å². The number of nitrogens with one attached hydrogen (secondary N) is 1. The molecule has 0 radical (unpaired) electrons. The fourth-order valence-electron chi connectivity index (χ4n) is 2.78. The number of benzene rings is 2. The summed E-state index contributed by atoms with van der Waals surface area (Å²) < 4.78 is 5.11. The first-order chi connectivity index (χ1) is 12.1. The Hall–Kier alpha value is -2.47. The van der Waals surface area contributed by atoms with Crippen molar-refractivity contribution in [3.05, 3.63) is 65.7 Å². The van der Waals surface area contributed by atoms with E-state index in [9.17, 15) is 14.7 Å². The SMILES string of the molecule is O=C(NC(CC1Cc2ccccc2S1)C(=O)O)OCc1ccccc1. The average Bonchev–Trinajstić information content (AvgIpc) is 3.02. The van der Waals surface area contributed by atoms with Crippen LogP contribution < -0.4 is 5.32 Å². The molecule has 1 aliphatic rings. The topological polar surface area (TPSA) is 75.6 Å². The first kappa shape index (κ1) is 17.4. The fraction of sp³-hybridized carbons (Fsp3) is 0.263. The normalized spacial score (nSPS) is 16.7. The number of carboxylic acid groups (broad SMARTS) is 1. The van der Waals surface area contributed by atoms with Crippen molar-refractivity contribution >= 4 is 23.8 Å². The lowest BCUT2D eigenvalue weighted by atomic mass is 10.0. The number of aliphatic carboxylic acids is 1. The van der Waals surface area contributed by atoms with E-state index >= 15 is 0 Å². The molecule has 5 nitrogen and oxygen atoms in total. The second kappa shape index (κ2) is 8.07. The molecule has 3 rings (SSSR count). The van der Waals surface area contributed by atoms with Gasteiger partial charge in [0.2, 0.25) is 0 Å². The lowest BCUT2D eigenvalue weighted by Crippen LogP contribution is -2.42. The van der Waals surface area contributed by atoms with Gasteiger partial charge in [-0.3, -0.25) is 0 Å². The van der Waals surface area contributed by atoms with Crippen molar-refractivity contribution in [2.75, 3.05) is 0 Å². The Labute approximate surface area is 150 Å². The molecule has 130 valence electrons. The van der Waals surface area contributed by atoms with Gasteiger partial charge >= 0.3 is 12.1 Å². The number of alkyl carbamates (subject to hydrolysis) is 1. The summed E-state index contributed by atoms with van der Waals surface area (Å²) in [6.45, 7) is 0.114. The molecule has 25 heavy (non-hydrogen) atoms. The van der Waals surface area contributed by atoms with Crippen molar-refractivity contribution in [1.29, 1.82) is 0 Å². The van der Waals surface area contributed by atoms with Gasteiger partial charge in [0.05, 0.1) is 0 Å². The van der Waals surface area contributed by atoms with Gasteiger partial charge in [0.1, 0.15) is 12.6 Å². The summed E-state index contributed by atoms with van der Waals surface area (Å²) >= 11 is 1.66. The minimum atomic E-state index is -1.05. The van der Waals surface area contributed by atoms with Crippen LogP contribution in [-0.4, -0.2) is 28.5 Å². The molecule has 0 spiro atoms.